The Hall–Kier alpha value is -0.870. The van der Waals surface area contributed by atoms with Crippen LogP contribution in [0.15, 0.2) is 22.7 Å². The van der Waals surface area contributed by atoms with Gasteiger partial charge in [0.2, 0.25) is 0 Å². The van der Waals surface area contributed by atoms with E-state index < -0.39 is 0 Å². The fourth-order valence-electron chi connectivity index (χ4n) is 1.80. The van der Waals surface area contributed by atoms with Crippen molar-refractivity contribution in [1.29, 1.82) is 0 Å². The maximum absolute atomic E-state index is 4.60. The molecule has 0 atom stereocenters. The maximum atomic E-state index is 4.60. The summed E-state index contributed by atoms with van der Waals surface area (Å²) < 4.78 is 3.31. The van der Waals surface area contributed by atoms with Gasteiger partial charge in [-0.25, -0.2) is 4.98 Å². The lowest BCUT2D eigenvalue weighted by atomic mass is 10.3. The van der Waals surface area contributed by atoms with Crippen LogP contribution in [0.3, 0.4) is 0 Å². The van der Waals surface area contributed by atoms with Crippen molar-refractivity contribution >= 4 is 27.0 Å². The van der Waals surface area contributed by atoms with E-state index in [1.54, 1.807) is 0 Å². The van der Waals surface area contributed by atoms with Crippen LogP contribution in [0, 0.1) is 0 Å². The molecule has 3 nitrogen and oxygen atoms in total. The summed E-state index contributed by atoms with van der Waals surface area (Å²) >= 11 is 3.46. The van der Waals surface area contributed by atoms with Crippen molar-refractivity contribution in [2.45, 2.75) is 20.0 Å². The summed E-state index contributed by atoms with van der Waals surface area (Å²) in [5.41, 5.74) is 2.25. The summed E-state index contributed by atoms with van der Waals surface area (Å²) in [7, 11) is 1.94. The number of halogens is 1. The molecule has 1 aromatic heterocycles. The predicted octanol–water partition coefficient (Wildman–Crippen LogP) is 2.54. The average Bonchev–Trinajstić information content (AvgIpc) is 2.54. The van der Waals surface area contributed by atoms with Gasteiger partial charge in [-0.1, -0.05) is 15.9 Å². The monoisotopic (exact) mass is 267 g/mol. The summed E-state index contributed by atoms with van der Waals surface area (Å²) in [5.74, 6) is 1.09. The number of imidazole rings is 1. The highest BCUT2D eigenvalue weighted by molar-refractivity contribution is 9.10. The summed E-state index contributed by atoms with van der Waals surface area (Å²) in [5, 5.41) is 3.14. The van der Waals surface area contributed by atoms with Crippen molar-refractivity contribution in [3.05, 3.63) is 28.5 Å². The summed E-state index contributed by atoms with van der Waals surface area (Å²) in [4.78, 5) is 4.60. The van der Waals surface area contributed by atoms with Gasteiger partial charge in [-0.3, -0.25) is 0 Å². The van der Waals surface area contributed by atoms with Crippen LogP contribution in [0.5, 0.6) is 0 Å². The zero-order chi connectivity index (χ0) is 10.8. The van der Waals surface area contributed by atoms with E-state index in [2.05, 4.69) is 55.9 Å². The molecule has 0 fully saturated rings. The van der Waals surface area contributed by atoms with Gasteiger partial charge in [-0.15, -0.1) is 0 Å². The standard InChI is InChI=1S/C11H14BrN3/c1-3-15-10-5-4-8(12)6-9(10)14-11(15)7-13-2/h4-6,13H,3,7H2,1-2H3. The molecule has 0 saturated carbocycles. The molecule has 2 aromatic rings. The molecular weight excluding hydrogens is 254 g/mol. The topological polar surface area (TPSA) is 29.9 Å². The van der Waals surface area contributed by atoms with Crippen molar-refractivity contribution in [2.75, 3.05) is 7.05 Å². The van der Waals surface area contributed by atoms with Gasteiger partial charge < -0.3 is 9.88 Å². The van der Waals surface area contributed by atoms with Crippen molar-refractivity contribution in [2.24, 2.45) is 0 Å². The number of fused-ring (bicyclic) bond motifs is 1. The Morgan fingerprint density at radius 1 is 1.47 bits per heavy atom. The van der Waals surface area contributed by atoms with Gasteiger partial charge in [0.15, 0.2) is 0 Å². The van der Waals surface area contributed by atoms with Crippen LogP contribution in [0.25, 0.3) is 11.0 Å². The third-order valence-corrected chi connectivity index (χ3v) is 2.93. The lowest BCUT2D eigenvalue weighted by Gasteiger charge is -2.04. The van der Waals surface area contributed by atoms with Crippen LogP contribution in [0.4, 0.5) is 0 Å². The highest BCUT2D eigenvalue weighted by atomic mass is 79.9. The highest BCUT2D eigenvalue weighted by Gasteiger charge is 2.08. The van der Waals surface area contributed by atoms with E-state index in [1.165, 1.54) is 5.52 Å². The number of rotatable bonds is 3. The molecule has 0 radical (unpaired) electrons. The minimum Gasteiger partial charge on any atom is -0.327 e. The third-order valence-electron chi connectivity index (χ3n) is 2.44. The first-order chi connectivity index (χ1) is 7.26. The Kier molecular flexibility index (Phi) is 3.07. The molecule has 0 spiro atoms. The zero-order valence-corrected chi connectivity index (χ0v) is 10.5. The second kappa shape index (κ2) is 4.33. The zero-order valence-electron chi connectivity index (χ0n) is 8.92. The number of aromatic nitrogens is 2. The van der Waals surface area contributed by atoms with Crippen molar-refractivity contribution < 1.29 is 0 Å². The molecule has 1 N–H and O–H groups in total. The lowest BCUT2D eigenvalue weighted by Crippen LogP contribution is -2.11. The number of nitrogens with zero attached hydrogens (tertiary/aromatic N) is 2. The first kappa shape index (κ1) is 10.6. The Balaban J connectivity index is 2.62. The van der Waals surface area contributed by atoms with E-state index in [0.29, 0.717) is 0 Å². The fraction of sp³-hybridized carbons (Fsp3) is 0.364. The molecule has 0 bridgehead atoms. The molecule has 2 rings (SSSR count). The smallest absolute Gasteiger partial charge is 0.123 e. The van der Waals surface area contributed by atoms with Crippen LogP contribution in [-0.4, -0.2) is 16.6 Å². The molecule has 0 saturated heterocycles. The first-order valence-corrected chi connectivity index (χ1v) is 5.84. The van der Waals surface area contributed by atoms with E-state index >= 15 is 0 Å². The van der Waals surface area contributed by atoms with Crippen LogP contribution in [0.1, 0.15) is 12.7 Å². The quantitative estimate of drug-likeness (QED) is 0.927. The molecule has 4 heteroatoms. The average molecular weight is 268 g/mol. The molecule has 0 aliphatic rings. The van der Waals surface area contributed by atoms with Crippen LogP contribution in [0.2, 0.25) is 0 Å². The SMILES string of the molecule is CCn1c(CNC)nc2cc(Br)ccc21. The van der Waals surface area contributed by atoms with Crippen LogP contribution < -0.4 is 5.32 Å². The van der Waals surface area contributed by atoms with E-state index in [1.807, 2.05) is 7.05 Å². The van der Waals surface area contributed by atoms with Gasteiger partial charge in [-0.05, 0) is 32.2 Å². The summed E-state index contributed by atoms with van der Waals surface area (Å²) in [6.07, 6.45) is 0. The molecule has 0 aliphatic heterocycles. The van der Waals surface area contributed by atoms with E-state index in [-0.39, 0.29) is 0 Å². The highest BCUT2D eigenvalue weighted by Crippen LogP contribution is 2.20. The van der Waals surface area contributed by atoms with E-state index in [0.717, 1.165) is 28.9 Å². The number of hydrogen-bond acceptors (Lipinski definition) is 2. The number of hydrogen-bond donors (Lipinski definition) is 1. The second-order valence-electron chi connectivity index (χ2n) is 3.44. The Bertz CT molecular complexity index is 476. The van der Waals surface area contributed by atoms with Gasteiger partial charge in [0.1, 0.15) is 5.82 Å². The molecule has 0 amide bonds. The first-order valence-electron chi connectivity index (χ1n) is 5.05. The fourth-order valence-corrected chi connectivity index (χ4v) is 2.15. The van der Waals surface area contributed by atoms with Gasteiger partial charge >= 0.3 is 0 Å². The molecule has 15 heavy (non-hydrogen) atoms. The minimum absolute atomic E-state index is 0.806. The maximum Gasteiger partial charge on any atom is 0.123 e. The van der Waals surface area contributed by atoms with Gasteiger partial charge in [0.05, 0.1) is 17.6 Å². The molecule has 1 aromatic carbocycles. The molecule has 0 aliphatic carbocycles. The molecular formula is C11H14BrN3. The lowest BCUT2D eigenvalue weighted by molar-refractivity contribution is 0.670. The molecule has 1 heterocycles. The van der Waals surface area contributed by atoms with Crippen molar-refractivity contribution in [1.82, 2.24) is 14.9 Å². The van der Waals surface area contributed by atoms with E-state index in [4.69, 9.17) is 0 Å². The van der Waals surface area contributed by atoms with Gasteiger partial charge in [-0.2, -0.15) is 0 Å². The number of benzene rings is 1. The normalized spacial score (nSPS) is 11.1. The number of aryl methyl sites for hydroxylation is 1. The van der Waals surface area contributed by atoms with Gasteiger partial charge in [0, 0.05) is 11.0 Å². The Labute approximate surface area is 97.6 Å². The van der Waals surface area contributed by atoms with Crippen LogP contribution in [-0.2, 0) is 13.1 Å². The summed E-state index contributed by atoms with van der Waals surface area (Å²) in [6, 6.07) is 6.22. The second-order valence-corrected chi connectivity index (χ2v) is 4.35. The molecule has 0 unspecified atom stereocenters. The van der Waals surface area contributed by atoms with E-state index in [9.17, 15) is 0 Å². The Morgan fingerprint density at radius 2 is 2.27 bits per heavy atom. The number of nitrogens with one attached hydrogen (secondary N) is 1. The third kappa shape index (κ3) is 1.92. The predicted molar refractivity (Wildman–Crippen MR) is 65.9 cm³/mol. The largest absolute Gasteiger partial charge is 0.327 e. The Morgan fingerprint density at radius 3 is 2.93 bits per heavy atom. The van der Waals surface area contributed by atoms with Gasteiger partial charge in [0.25, 0.3) is 0 Å². The van der Waals surface area contributed by atoms with Crippen LogP contribution >= 0.6 is 15.9 Å². The minimum atomic E-state index is 0.806. The molecule has 80 valence electrons. The van der Waals surface area contributed by atoms with Crippen molar-refractivity contribution in [3.63, 3.8) is 0 Å². The van der Waals surface area contributed by atoms with Crippen molar-refractivity contribution in [3.8, 4) is 0 Å². The summed E-state index contributed by atoms with van der Waals surface area (Å²) in [6.45, 7) is 3.90.